The Balaban J connectivity index is 2.06. The molecule has 0 aliphatic carbocycles. The summed E-state index contributed by atoms with van der Waals surface area (Å²) < 4.78 is 6.37. The van der Waals surface area contributed by atoms with Gasteiger partial charge in [-0.15, -0.1) is 0 Å². The van der Waals surface area contributed by atoms with E-state index in [0.717, 1.165) is 4.57 Å². The maximum absolute atomic E-state index is 13.0. The van der Waals surface area contributed by atoms with E-state index < -0.39 is 17.3 Å². The van der Waals surface area contributed by atoms with Gasteiger partial charge in [0.2, 0.25) is 5.91 Å². The Bertz CT molecular complexity index is 870. The summed E-state index contributed by atoms with van der Waals surface area (Å²) in [7, 11) is 0. The van der Waals surface area contributed by atoms with Gasteiger partial charge in [0, 0.05) is 13.1 Å². The minimum Gasteiger partial charge on any atom is -0.378 e. The molecule has 1 N–H and O–H groups in total. The molecule has 0 spiro atoms. The molecule has 1 aromatic carbocycles. The van der Waals surface area contributed by atoms with E-state index in [2.05, 4.69) is 4.98 Å². The van der Waals surface area contributed by atoms with Gasteiger partial charge < -0.3 is 14.6 Å². The van der Waals surface area contributed by atoms with Crippen molar-refractivity contribution < 1.29 is 9.53 Å². The van der Waals surface area contributed by atoms with Crippen LogP contribution in [0.25, 0.3) is 10.9 Å². The number of rotatable bonds is 5. The van der Waals surface area contributed by atoms with Crippen LogP contribution in [0.5, 0.6) is 0 Å². The van der Waals surface area contributed by atoms with Crippen LogP contribution in [0.3, 0.4) is 0 Å². The van der Waals surface area contributed by atoms with Crippen LogP contribution in [-0.4, -0.2) is 58.7 Å². The average molecular weight is 363 g/mol. The monoisotopic (exact) mass is 363 g/mol. The smallest absolute Gasteiger partial charge is 0.329 e. The molecule has 1 fully saturated rings. The van der Waals surface area contributed by atoms with Crippen LogP contribution in [0, 0.1) is 0 Å². The minimum atomic E-state index is -0.800. The summed E-state index contributed by atoms with van der Waals surface area (Å²) in [5.41, 5.74) is -0.486. The van der Waals surface area contributed by atoms with E-state index in [9.17, 15) is 14.4 Å². The van der Waals surface area contributed by atoms with Crippen molar-refractivity contribution in [1.29, 1.82) is 0 Å². The van der Waals surface area contributed by atoms with Crippen molar-refractivity contribution in [3.63, 3.8) is 0 Å². The Morgan fingerprint density at radius 1 is 1.28 bits per heavy atom. The SMILES string of the molecule is CSCCC(C(=O)N1CCOCC1)n1c(=O)[nH]c2ccccc2c1=O. The largest absolute Gasteiger partial charge is 0.378 e. The van der Waals surface area contributed by atoms with Gasteiger partial charge in [-0.1, -0.05) is 12.1 Å². The standard InChI is InChI=1S/C17H21N3O4S/c1-25-11-6-14(16(22)19-7-9-24-10-8-19)20-15(21)12-4-2-3-5-13(12)18-17(20)23/h2-5,14H,6-11H2,1H3,(H,18,23). The lowest BCUT2D eigenvalue weighted by atomic mass is 10.1. The molecule has 0 bridgehead atoms. The van der Waals surface area contributed by atoms with Crippen LogP contribution < -0.4 is 11.2 Å². The highest BCUT2D eigenvalue weighted by molar-refractivity contribution is 7.98. The molecule has 1 aliphatic heterocycles. The quantitative estimate of drug-likeness (QED) is 0.851. The number of nitrogens with zero attached hydrogens (tertiary/aromatic N) is 2. The van der Waals surface area contributed by atoms with Gasteiger partial charge in [-0.25, -0.2) is 9.36 Å². The Morgan fingerprint density at radius 2 is 2.00 bits per heavy atom. The number of benzene rings is 1. The Hall–Kier alpha value is -2.06. The molecule has 7 nitrogen and oxygen atoms in total. The molecule has 0 saturated carbocycles. The number of fused-ring (bicyclic) bond motifs is 1. The molecule has 1 unspecified atom stereocenters. The van der Waals surface area contributed by atoms with Crippen LogP contribution in [0.4, 0.5) is 0 Å². The van der Waals surface area contributed by atoms with Gasteiger partial charge in [-0.05, 0) is 30.6 Å². The summed E-state index contributed by atoms with van der Waals surface area (Å²) in [5, 5.41) is 0.408. The number of H-pyrrole nitrogens is 1. The van der Waals surface area contributed by atoms with Gasteiger partial charge in [-0.2, -0.15) is 11.8 Å². The van der Waals surface area contributed by atoms with Gasteiger partial charge in [0.1, 0.15) is 6.04 Å². The number of nitrogens with one attached hydrogen (secondary N) is 1. The fraction of sp³-hybridized carbons (Fsp3) is 0.471. The molecule has 0 radical (unpaired) electrons. The van der Waals surface area contributed by atoms with Crippen molar-refractivity contribution in [2.75, 3.05) is 38.3 Å². The zero-order valence-electron chi connectivity index (χ0n) is 14.1. The lowest BCUT2D eigenvalue weighted by Gasteiger charge is -2.30. The van der Waals surface area contributed by atoms with Gasteiger partial charge in [0.05, 0.1) is 24.1 Å². The molecule has 25 heavy (non-hydrogen) atoms. The Morgan fingerprint density at radius 3 is 2.72 bits per heavy atom. The molecule has 8 heteroatoms. The predicted molar refractivity (Wildman–Crippen MR) is 98.3 cm³/mol. The normalized spacial score (nSPS) is 16.1. The second kappa shape index (κ2) is 7.88. The highest BCUT2D eigenvalue weighted by atomic mass is 32.2. The Kier molecular flexibility index (Phi) is 5.60. The highest BCUT2D eigenvalue weighted by Gasteiger charge is 2.29. The molecule has 3 rings (SSSR count). The first-order valence-corrected chi connectivity index (χ1v) is 9.62. The number of hydrogen-bond acceptors (Lipinski definition) is 5. The van der Waals surface area contributed by atoms with E-state index in [4.69, 9.17) is 4.74 Å². The van der Waals surface area contributed by atoms with Gasteiger partial charge in [0.15, 0.2) is 0 Å². The molecule has 1 atom stereocenters. The maximum atomic E-state index is 13.0. The molecule has 2 aromatic rings. The zero-order chi connectivity index (χ0) is 17.8. The number of ether oxygens (including phenoxy) is 1. The summed E-state index contributed by atoms with van der Waals surface area (Å²) in [5.74, 6) is 0.486. The molecule has 134 valence electrons. The highest BCUT2D eigenvalue weighted by Crippen LogP contribution is 2.17. The van der Waals surface area contributed by atoms with Crippen LogP contribution in [0.15, 0.2) is 33.9 Å². The number of aromatic amines is 1. The lowest BCUT2D eigenvalue weighted by Crippen LogP contribution is -2.49. The molecule has 1 aliphatic rings. The second-order valence-corrected chi connectivity index (χ2v) is 6.87. The predicted octanol–water partition coefficient (Wildman–Crippen LogP) is 0.843. The number of carbonyl (C=O) groups excluding carboxylic acids is 1. The van der Waals surface area contributed by atoms with Crippen LogP contribution >= 0.6 is 11.8 Å². The first-order chi connectivity index (χ1) is 12.1. The number of carbonyl (C=O) groups is 1. The van der Waals surface area contributed by atoms with E-state index in [1.54, 1.807) is 40.9 Å². The van der Waals surface area contributed by atoms with Crippen molar-refractivity contribution in [3.8, 4) is 0 Å². The van der Waals surface area contributed by atoms with Crippen molar-refractivity contribution >= 4 is 28.6 Å². The molecule has 1 saturated heterocycles. The summed E-state index contributed by atoms with van der Waals surface area (Å²) in [6.07, 6.45) is 2.36. The number of thioether (sulfide) groups is 1. The number of amides is 1. The van der Waals surface area contributed by atoms with Gasteiger partial charge in [-0.3, -0.25) is 9.59 Å². The third kappa shape index (κ3) is 3.64. The van der Waals surface area contributed by atoms with E-state index >= 15 is 0 Å². The van der Waals surface area contributed by atoms with Crippen molar-refractivity contribution in [3.05, 3.63) is 45.1 Å². The van der Waals surface area contributed by atoms with Gasteiger partial charge >= 0.3 is 5.69 Å². The summed E-state index contributed by atoms with van der Waals surface area (Å²) in [6, 6.07) is 6.04. The molecule has 1 amide bonds. The molecular formula is C17H21N3O4S. The first kappa shape index (κ1) is 17.8. The molecule has 2 heterocycles. The maximum Gasteiger partial charge on any atom is 0.329 e. The average Bonchev–Trinajstić information content (AvgIpc) is 2.64. The van der Waals surface area contributed by atoms with E-state index in [1.165, 1.54) is 0 Å². The summed E-state index contributed by atoms with van der Waals surface area (Å²) >= 11 is 1.58. The number of para-hydroxylation sites is 1. The van der Waals surface area contributed by atoms with Crippen molar-refractivity contribution in [2.24, 2.45) is 0 Å². The van der Waals surface area contributed by atoms with Gasteiger partial charge in [0.25, 0.3) is 5.56 Å². The van der Waals surface area contributed by atoms with E-state index in [1.807, 2.05) is 6.26 Å². The fourth-order valence-corrected chi connectivity index (χ4v) is 3.51. The Labute approximate surface area is 149 Å². The topological polar surface area (TPSA) is 84.4 Å². The summed E-state index contributed by atoms with van der Waals surface area (Å²) in [4.78, 5) is 42.8. The van der Waals surface area contributed by atoms with Crippen LogP contribution in [0.2, 0.25) is 0 Å². The van der Waals surface area contributed by atoms with Crippen molar-refractivity contribution in [1.82, 2.24) is 14.5 Å². The van der Waals surface area contributed by atoms with Crippen molar-refractivity contribution in [2.45, 2.75) is 12.5 Å². The number of morpholine rings is 1. The first-order valence-electron chi connectivity index (χ1n) is 8.22. The zero-order valence-corrected chi connectivity index (χ0v) is 14.9. The second-order valence-electron chi connectivity index (χ2n) is 5.89. The summed E-state index contributed by atoms with van der Waals surface area (Å²) in [6.45, 7) is 1.91. The molecule has 1 aromatic heterocycles. The third-order valence-corrected chi connectivity index (χ3v) is 5.00. The fourth-order valence-electron chi connectivity index (χ4n) is 3.05. The van der Waals surface area contributed by atoms with Crippen LogP contribution in [0.1, 0.15) is 12.5 Å². The minimum absolute atomic E-state index is 0.194. The number of aromatic nitrogens is 2. The number of hydrogen-bond donors (Lipinski definition) is 1. The molecular weight excluding hydrogens is 342 g/mol. The lowest BCUT2D eigenvalue weighted by molar-refractivity contribution is -0.139. The van der Waals surface area contributed by atoms with Crippen LogP contribution in [-0.2, 0) is 9.53 Å². The van der Waals surface area contributed by atoms with E-state index in [0.29, 0.717) is 49.4 Å². The van der Waals surface area contributed by atoms with E-state index in [-0.39, 0.29) is 5.91 Å². The third-order valence-electron chi connectivity index (χ3n) is 4.35.